The summed E-state index contributed by atoms with van der Waals surface area (Å²) in [5, 5.41) is 8.67. The Hall–Kier alpha value is -1.55. The van der Waals surface area contributed by atoms with Gasteiger partial charge < -0.3 is 10.6 Å². The normalized spacial score (nSPS) is 11.8. The molecule has 0 atom stereocenters. The minimum absolute atomic E-state index is 0.190. The van der Waals surface area contributed by atoms with Gasteiger partial charge in [-0.1, -0.05) is 43.6 Å². The van der Waals surface area contributed by atoms with Crippen molar-refractivity contribution in [1.29, 1.82) is 5.41 Å². The lowest BCUT2D eigenvalue weighted by molar-refractivity contribution is 0.499. The Morgan fingerprint density at radius 3 is 2.65 bits per heavy atom. The van der Waals surface area contributed by atoms with E-state index >= 15 is 0 Å². The van der Waals surface area contributed by atoms with Crippen molar-refractivity contribution >= 4 is 23.4 Å². The van der Waals surface area contributed by atoms with Crippen LogP contribution in [0.1, 0.15) is 25.8 Å². The molecule has 1 aromatic rings. The van der Waals surface area contributed by atoms with Crippen LogP contribution in [0.5, 0.6) is 0 Å². The molecular formula is C15H23ClN4. The van der Waals surface area contributed by atoms with Crippen molar-refractivity contribution in [3.8, 4) is 0 Å². The van der Waals surface area contributed by atoms with E-state index in [-0.39, 0.29) is 5.96 Å². The summed E-state index contributed by atoms with van der Waals surface area (Å²) in [6, 6.07) is 7.75. The van der Waals surface area contributed by atoms with Crippen LogP contribution >= 0.6 is 11.6 Å². The molecule has 5 heteroatoms. The zero-order valence-corrected chi connectivity index (χ0v) is 13.1. The molecular weight excluding hydrogens is 272 g/mol. The van der Waals surface area contributed by atoms with Gasteiger partial charge in [-0.05, 0) is 24.0 Å². The molecule has 0 bridgehead atoms. The largest absolute Gasteiger partial charge is 0.387 e. The van der Waals surface area contributed by atoms with Crippen molar-refractivity contribution in [2.45, 2.75) is 26.7 Å². The number of rotatable bonds is 5. The van der Waals surface area contributed by atoms with Gasteiger partial charge in [-0.25, -0.2) is 4.99 Å². The van der Waals surface area contributed by atoms with Crippen molar-refractivity contribution in [3.05, 3.63) is 34.9 Å². The van der Waals surface area contributed by atoms with Gasteiger partial charge in [0.2, 0.25) is 5.96 Å². The van der Waals surface area contributed by atoms with E-state index in [2.05, 4.69) is 18.8 Å². The van der Waals surface area contributed by atoms with Crippen LogP contribution in [0.4, 0.5) is 0 Å². The molecule has 110 valence electrons. The van der Waals surface area contributed by atoms with Gasteiger partial charge in [-0.3, -0.25) is 5.41 Å². The average molecular weight is 295 g/mol. The van der Waals surface area contributed by atoms with Crippen molar-refractivity contribution in [2.75, 3.05) is 13.6 Å². The maximum absolute atomic E-state index is 7.91. The molecule has 0 aliphatic carbocycles. The van der Waals surface area contributed by atoms with E-state index in [0.717, 1.165) is 17.0 Å². The fraction of sp³-hybridized carbons (Fsp3) is 0.467. The fourth-order valence-electron chi connectivity index (χ4n) is 1.78. The van der Waals surface area contributed by atoms with Crippen LogP contribution in [0.2, 0.25) is 5.02 Å². The maximum atomic E-state index is 7.91. The number of likely N-dealkylation sites (N-methyl/N-ethyl adjacent to an activating group) is 1. The van der Waals surface area contributed by atoms with Gasteiger partial charge in [-0.15, -0.1) is 0 Å². The highest BCUT2D eigenvalue weighted by atomic mass is 35.5. The Bertz CT molecular complexity index is 483. The number of aliphatic imine (C=N–C) groups is 1. The van der Waals surface area contributed by atoms with Crippen LogP contribution in [0.15, 0.2) is 29.3 Å². The van der Waals surface area contributed by atoms with E-state index in [0.29, 0.717) is 24.7 Å². The number of halogens is 1. The summed E-state index contributed by atoms with van der Waals surface area (Å²) in [5.74, 6) is 1.14. The molecule has 0 spiro atoms. The molecule has 0 fully saturated rings. The molecule has 4 nitrogen and oxygen atoms in total. The van der Waals surface area contributed by atoms with Crippen molar-refractivity contribution < 1.29 is 0 Å². The summed E-state index contributed by atoms with van der Waals surface area (Å²) in [6.45, 7) is 4.83. The number of nitrogens with one attached hydrogen (secondary N) is 1. The molecule has 0 saturated heterocycles. The van der Waals surface area contributed by atoms with Crippen LogP contribution in [-0.2, 0) is 6.42 Å². The Morgan fingerprint density at radius 1 is 1.40 bits per heavy atom. The lowest BCUT2D eigenvalue weighted by Crippen LogP contribution is -2.29. The number of nitrogens with zero attached hydrogens (tertiary/aromatic N) is 2. The molecule has 0 saturated carbocycles. The quantitative estimate of drug-likeness (QED) is 0.647. The van der Waals surface area contributed by atoms with Crippen molar-refractivity contribution in [2.24, 2.45) is 16.6 Å². The average Bonchev–Trinajstić information content (AvgIpc) is 2.36. The highest BCUT2D eigenvalue weighted by molar-refractivity contribution is 6.31. The van der Waals surface area contributed by atoms with Gasteiger partial charge in [0, 0.05) is 25.0 Å². The minimum atomic E-state index is 0.190. The number of amidine groups is 1. The van der Waals surface area contributed by atoms with E-state index < -0.39 is 0 Å². The van der Waals surface area contributed by atoms with Crippen LogP contribution in [0.25, 0.3) is 0 Å². The summed E-state index contributed by atoms with van der Waals surface area (Å²) in [5.41, 5.74) is 6.88. The zero-order valence-electron chi connectivity index (χ0n) is 12.4. The Morgan fingerprint density at radius 2 is 2.05 bits per heavy atom. The number of nitrogens with two attached hydrogens (primary N) is 1. The standard InChI is InChI=1S/C15H23ClN4/c1-11(2)10-14(17)19-15(18)20(3)9-8-12-6-4-5-7-13(12)16/h4-7,11H,8-10H2,1-3H3,(H3,17,18,19). The van der Waals surface area contributed by atoms with E-state index in [1.165, 1.54) is 0 Å². The number of hydrogen-bond acceptors (Lipinski definition) is 1. The SMILES string of the molecule is CC(C)CC(N)=NC(=N)N(C)CCc1ccccc1Cl. The van der Waals surface area contributed by atoms with E-state index in [4.69, 9.17) is 22.7 Å². The van der Waals surface area contributed by atoms with Gasteiger partial charge >= 0.3 is 0 Å². The zero-order chi connectivity index (χ0) is 15.1. The fourth-order valence-corrected chi connectivity index (χ4v) is 2.01. The highest BCUT2D eigenvalue weighted by Gasteiger charge is 2.07. The van der Waals surface area contributed by atoms with Crippen LogP contribution in [0.3, 0.4) is 0 Å². The van der Waals surface area contributed by atoms with E-state index in [1.807, 2.05) is 31.3 Å². The summed E-state index contributed by atoms with van der Waals surface area (Å²) in [6.07, 6.45) is 1.49. The predicted molar refractivity (Wildman–Crippen MR) is 86.6 cm³/mol. The monoisotopic (exact) mass is 294 g/mol. The topological polar surface area (TPSA) is 65.5 Å². The molecule has 0 unspecified atom stereocenters. The molecule has 0 amide bonds. The molecule has 0 aliphatic heterocycles. The minimum Gasteiger partial charge on any atom is -0.387 e. The first-order chi connectivity index (χ1) is 9.40. The second-order valence-electron chi connectivity index (χ2n) is 5.29. The van der Waals surface area contributed by atoms with Crippen LogP contribution in [0, 0.1) is 11.3 Å². The Labute approximate surface area is 126 Å². The van der Waals surface area contributed by atoms with Gasteiger partial charge in [0.25, 0.3) is 0 Å². The molecule has 3 N–H and O–H groups in total. The molecule has 1 aromatic carbocycles. The first kappa shape index (κ1) is 16.5. The molecule has 0 heterocycles. The third-order valence-corrected chi connectivity index (χ3v) is 3.27. The smallest absolute Gasteiger partial charge is 0.219 e. The summed E-state index contributed by atoms with van der Waals surface area (Å²) >= 11 is 6.11. The number of hydrogen-bond donors (Lipinski definition) is 2. The van der Waals surface area contributed by atoms with Crippen LogP contribution < -0.4 is 5.73 Å². The van der Waals surface area contributed by atoms with Gasteiger partial charge in [0.1, 0.15) is 5.84 Å². The molecule has 0 aliphatic rings. The molecule has 20 heavy (non-hydrogen) atoms. The van der Waals surface area contributed by atoms with Crippen molar-refractivity contribution in [3.63, 3.8) is 0 Å². The second kappa shape index (κ2) is 7.90. The first-order valence-corrected chi connectivity index (χ1v) is 7.14. The number of guanidine groups is 1. The Balaban J connectivity index is 2.52. The Kier molecular flexibility index (Phi) is 6.52. The molecule has 1 rings (SSSR count). The third kappa shape index (κ3) is 5.61. The van der Waals surface area contributed by atoms with E-state index in [9.17, 15) is 0 Å². The molecule has 0 aromatic heterocycles. The predicted octanol–water partition coefficient (Wildman–Crippen LogP) is 3.15. The summed E-state index contributed by atoms with van der Waals surface area (Å²) in [4.78, 5) is 5.90. The maximum Gasteiger partial charge on any atom is 0.219 e. The summed E-state index contributed by atoms with van der Waals surface area (Å²) < 4.78 is 0. The van der Waals surface area contributed by atoms with Gasteiger partial charge in [0.05, 0.1) is 0 Å². The first-order valence-electron chi connectivity index (χ1n) is 6.76. The molecule has 0 radical (unpaired) electrons. The summed E-state index contributed by atoms with van der Waals surface area (Å²) in [7, 11) is 1.84. The third-order valence-electron chi connectivity index (χ3n) is 2.90. The van der Waals surface area contributed by atoms with E-state index in [1.54, 1.807) is 4.90 Å². The van der Waals surface area contributed by atoms with Gasteiger partial charge in [0.15, 0.2) is 0 Å². The lowest BCUT2D eigenvalue weighted by atomic mass is 10.1. The number of benzene rings is 1. The van der Waals surface area contributed by atoms with Crippen molar-refractivity contribution in [1.82, 2.24) is 4.90 Å². The van der Waals surface area contributed by atoms with Gasteiger partial charge in [-0.2, -0.15) is 0 Å². The van der Waals surface area contributed by atoms with Crippen LogP contribution in [-0.4, -0.2) is 30.3 Å². The lowest BCUT2D eigenvalue weighted by Gasteiger charge is -2.17. The highest BCUT2D eigenvalue weighted by Crippen LogP contribution is 2.15. The second-order valence-corrected chi connectivity index (χ2v) is 5.69.